The average molecular weight is 207 g/mol. The monoisotopic (exact) mass is 207 g/mol. The normalized spacial score (nSPS) is 13.9. The SMILES string of the molecule is N#Cc1ncccc1C(O)C(O)C(N)=O. The molecule has 2 atom stereocenters. The number of nitrogens with two attached hydrogens (primary N) is 1. The van der Waals surface area contributed by atoms with Crippen LogP contribution in [-0.2, 0) is 4.79 Å². The van der Waals surface area contributed by atoms with Crippen LogP contribution >= 0.6 is 0 Å². The number of hydrogen-bond acceptors (Lipinski definition) is 5. The Morgan fingerprint density at radius 1 is 1.60 bits per heavy atom. The van der Waals surface area contributed by atoms with E-state index in [1.807, 2.05) is 0 Å². The minimum absolute atomic E-state index is 0.0506. The fraction of sp³-hybridized carbons (Fsp3) is 0.222. The van der Waals surface area contributed by atoms with Gasteiger partial charge in [0.25, 0.3) is 0 Å². The quantitative estimate of drug-likeness (QED) is 0.577. The Labute approximate surface area is 85.6 Å². The van der Waals surface area contributed by atoms with Crippen LogP contribution in [0.3, 0.4) is 0 Å². The Kier molecular flexibility index (Phi) is 3.33. The van der Waals surface area contributed by atoms with Crippen molar-refractivity contribution in [3.8, 4) is 6.07 Å². The number of aliphatic hydroxyl groups is 2. The summed E-state index contributed by atoms with van der Waals surface area (Å²) in [6.07, 6.45) is -1.92. The maximum Gasteiger partial charge on any atom is 0.249 e. The van der Waals surface area contributed by atoms with E-state index in [0.717, 1.165) is 0 Å². The number of hydrogen-bond donors (Lipinski definition) is 3. The van der Waals surface area contributed by atoms with Crippen molar-refractivity contribution in [2.45, 2.75) is 12.2 Å². The predicted octanol–water partition coefficient (Wildman–Crippen LogP) is -1.17. The van der Waals surface area contributed by atoms with Gasteiger partial charge in [0.15, 0.2) is 6.10 Å². The fourth-order valence-corrected chi connectivity index (χ4v) is 1.08. The number of pyridine rings is 1. The molecule has 15 heavy (non-hydrogen) atoms. The largest absolute Gasteiger partial charge is 0.385 e. The highest BCUT2D eigenvalue weighted by molar-refractivity contribution is 5.79. The fourth-order valence-electron chi connectivity index (χ4n) is 1.08. The second-order valence-corrected chi connectivity index (χ2v) is 2.85. The van der Waals surface area contributed by atoms with Crippen molar-refractivity contribution in [3.05, 3.63) is 29.6 Å². The molecule has 1 heterocycles. The average Bonchev–Trinajstić information content (AvgIpc) is 2.26. The van der Waals surface area contributed by atoms with Gasteiger partial charge in [0, 0.05) is 11.8 Å². The summed E-state index contributed by atoms with van der Waals surface area (Å²) in [6.45, 7) is 0. The number of nitrogens with zero attached hydrogens (tertiary/aromatic N) is 2. The summed E-state index contributed by atoms with van der Waals surface area (Å²) in [4.78, 5) is 14.3. The van der Waals surface area contributed by atoms with E-state index in [0.29, 0.717) is 0 Å². The molecule has 4 N–H and O–H groups in total. The van der Waals surface area contributed by atoms with Crippen LogP contribution in [-0.4, -0.2) is 27.2 Å². The zero-order valence-electron chi connectivity index (χ0n) is 7.66. The molecule has 6 heteroatoms. The molecule has 1 aromatic rings. The Hall–Kier alpha value is -1.97. The lowest BCUT2D eigenvalue weighted by molar-refractivity contribution is -0.132. The van der Waals surface area contributed by atoms with Crippen LogP contribution in [0.4, 0.5) is 0 Å². The smallest absolute Gasteiger partial charge is 0.249 e. The number of rotatable bonds is 3. The molecule has 0 aliphatic heterocycles. The molecular weight excluding hydrogens is 198 g/mol. The molecule has 0 saturated carbocycles. The van der Waals surface area contributed by atoms with Crippen LogP contribution in [0.5, 0.6) is 0 Å². The molecule has 0 saturated heterocycles. The molecule has 0 aliphatic carbocycles. The maximum atomic E-state index is 10.6. The van der Waals surface area contributed by atoms with Gasteiger partial charge in [-0.1, -0.05) is 6.07 Å². The topological polar surface area (TPSA) is 120 Å². The van der Waals surface area contributed by atoms with Crippen LogP contribution in [0.1, 0.15) is 17.4 Å². The molecular formula is C9H9N3O3. The summed E-state index contributed by atoms with van der Waals surface area (Å²) in [5.41, 5.74) is 4.84. The van der Waals surface area contributed by atoms with Gasteiger partial charge in [-0.2, -0.15) is 5.26 Å². The summed E-state index contributed by atoms with van der Waals surface area (Å²) in [5, 5.41) is 27.4. The van der Waals surface area contributed by atoms with Crippen LogP contribution in [0, 0.1) is 11.3 Å². The maximum absolute atomic E-state index is 10.6. The Morgan fingerprint density at radius 2 is 2.27 bits per heavy atom. The molecule has 78 valence electrons. The van der Waals surface area contributed by atoms with Gasteiger partial charge >= 0.3 is 0 Å². The van der Waals surface area contributed by atoms with E-state index in [2.05, 4.69) is 4.98 Å². The summed E-state index contributed by atoms with van der Waals surface area (Å²) >= 11 is 0. The highest BCUT2D eigenvalue weighted by Crippen LogP contribution is 2.18. The summed E-state index contributed by atoms with van der Waals surface area (Å²) < 4.78 is 0. The van der Waals surface area contributed by atoms with Crippen molar-refractivity contribution >= 4 is 5.91 Å². The minimum Gasteiger partial charge on any atom is -0.385 e. The molecule has 6 nitrogen and oxygen atoms in total. The number of primary amides is 1. The molecule has 1 aromatic heterocycles. The van der Waals surface area contributed by atoms with E-state index >= 15 is 0 Å². The van der Waals surface area contributed by atoms with E-state index in [4.69, 9.17) is 11.0 Å². The van der Waals surface area contributed by atoms with Gasteiger partial charge < -0.3 is 15.9 Å². The predicted molar refractivity (Wildman–Crippen MR) is 49.1 cm³/mol. The van der Waals surface area contributed by atoms with Gasteiger partial charge in [-0.25, -0.2) is 4.98 Å². The van der Waals surface area contributed by atoms with Gasteiger partial charge in [-0.05, 0) is 6.07 Å². The van der Waals surface area contributed by atoms with Crippen molar-refractivity contribution < 1.29 is 15.0 Å². The van der Waals surface area contributed by atoms with Crippen LogP contribution < -0.4 is 5.73 Å². The van der Waals surface area contributed by atoms with Crippen LogP contribution in [0.2, 0.25) is 0 Å². The summed E-state index contributed by atoms with van der Waals surface area (Å²) in [7, 11) is 0. The number of aliphatic hydroxyl groups excluding tert-OH is 2. The van der Waals surface area contributed by atoms with Gasteiger partial charge in [-0.3, -0.25) is 4.79 Å². The zero-order valence-corrected chi connectivity index (χ0v) is 7.66. The zero-order chi connectivity index (χ0) is 11.4. The molecule has 0 bridgehead atoms. The van der Waals surface area contributed by atoms with Gasteiger partial charge in [-0.15, -0.1) is 0 Å². The molecule has 1 amide bonds. The van der Waals surface area contributed by atoms with Crippen LogP contribution in [0.25, 0.3) is 0 Å². The van der Waals surface area contributed by atoms with Crippen LogP contribution in [0.15, 0.2) is 18.3 Å². The lowest BCUT2D eigenvalue weighted by Gasteiger charge is -2.15. The molecule has 0 radical (unpaired) electrons. The lowest BCUT2D eigenvalue weighted by atomic mass is 10.0. The van der Waals surface area contributed by atoms with E-state index in [1.54, 1.807) is 6.07 Å². The first-order chi connectivity index (χ1) is 7.07. The molecule has 2 unspecified atom stereocenters. The summed E-state index contributed by atoms with van der Waals surface area (Å²) in [5.74, 6) is -1.06. The molecule has 0 aromatic carbocycles. The third-order valence-corrected chi connectivity index (χ3v) is 1.85. The second kappa shape index (κ2) is 4.50. The number of nitriles is 1. The first-order valence-electron chi connectivity index (χ1n) is 4.08. The van der Waals surface area contributed by atoms with E-state index in [-0.39, 0.29) is 11.3 Å². The Bertz CT molecular complexity index is 413. The Morgan fingerprint density at radius 3 is 2.80 bits per heavy atom. The van der Waals surface area contributed by atoms with E-state index in [1.165, 1.54) is 18.3 Å². The number of aromatic nitrogens is 1. The lowest BCUT2D eigenvalue weighted by Crippen LogP contribution is -2.34. The molecule has 0 aliphatic rings. The van der Waals surface area contributed by atoms with E-state index < -0.39 is 18.1 Å². The van der Waals surface area contributed by atoms with Gasteiger partial charge in [0.05, 0.1) is 0 Å². The van der Waals surface area contributed by atoms with Crippen molar-refractivity contribution in [3.63, 3.8) is 0 Å². The van der Waals surface area contributed by atoms with Gasteiger partial charge in [0.2, 0.25) is 5.91 Å². The number of amides is 1. The van der Waals surface area contributed by atoms with Crippen molar-refractivity contribution in [1.29, 1.82) is 5.26 Å². The standard InChI is InChI=1S/C9H9N3O3/c10-4-6-5(2-1-3-12-6)7(13)8(14)9(11)15/h1-3,7-8,13-14H,(H2,11,15). The Balaban J connectivity index is 3.06. The first kappa shape index (κ1) is 11.1. The molecule has 1 rings (SSSR count). The third kappa shape index (κ3) is 2.28. The summed E-state index contributed by atoms with van der Waals surface area (Å²) in [6, 6.07) is 4.61. The van der Waals surface area contributed by atoms with E-state index in [9.17, 15) is 15.0 Å². The third-order valence-electron chi connectivity index (χ3n) is 1.85. The van der Waals surface area contributed by atoms with Crippen molar-refractivity contribution in [2.24, 2.45) is 5.73 Å². The van der Waals surface area contributed by atoms with Gasteiger partial charge in [0.1, 0.15) is 17.9 Å². The highest BCUT2D eigenvalue weighted by atomic mass is 16.3. The number of carbonyl (C=O) groups is 1. The van der Waals surface area contributed by atoms with Crippen molar-refractivity contribution in [1.82, 2.24) is 4.98 Å². The number of carbonyl (C=O) groups excluding carboxylic acids is 1. The molecule has 0 fully saturated rings. The minimum atomic E-state index is -1.75. The molecule has 0 spiro atoms. The highest BCUT2D eigenvalue weighted by Gasteiger charge is 2.25. The first-order valence-corrected chi connectivity index (χ1v) is 4.08. The van der Waals surface area contributed by atoms with Crippen molar-refractivity contribution in [2.75, 3.05) is 0 Å². The second-order valence-electron chi connectivity index (χ2n) is 2.85.